The van der Waals surface area contributed by atoms with Gasteiger partial charge in [-0.3, -0.25) is 0 Å². The van der Waals surface area contributed by atoms with Crippen LogP contribution in [0, 0.1) is 0 Å². The number of methoxy groups -OCH3 is 1. The first-order valence-corrected chi connectivity index (χ1v) is 15.6. The molecule has 0 aliphatic carbocycles. The van der Waals surface area contributed by atoms with Gasteiger partial charge in [0.05, 0.1) is 13.3 Å². The third-order valence-corrected chi connectivity index (χ3v) is 14.3. The van der Waals surface area contributed by atoms with Gasteiger partial charge in [-0.1, -0.05) is 15.4 Å². The Labute approximate surface area is 209 Å². The number of hydrogen-bond donors (Lipinski definition) is 3. The van der Waals surface area contributed by atoms with Crippen molar-refractivity contribution < 1.29 is 44.5 Å². The molecule has 158 valence electrons. The van der Waals surface area contributed by atoms with E-state index in [4.69, 9.17) is 26.4 Å². The minimum Gasteiger partial charge on any atom is -0.857 e. The summed E-state index contributed by atoms with van der Waals surface area (Å²) in [6, 6.07) is 7.05. The maximum absolute atomic E-state index is 8.25. The van der Waals surface area contributed by atoms with Crippen molar-refractivity contribution in [2.45, 2.75) is 7.43 Å². The average molecular weight is 561 g/mol. The Balaban J connectivity index is -0.0000000862. The molecular formula is C14H31BrN4NaO3P5. The molecule has 2 aromatic rings. The van der Waals surface area contributed by atoms with Crippen molar-refractivity contribution in [3.8, 4) is 5.75 Å². The summed E-state index contributed by atoms with van der Waals surface area (Å²) < 4.78 is 5.80. The molecule has 0 aliphatic heterocycles. The molecule has 2 heterocycles. The van der Waals surface area contributed by atoms with Crippen LogP contribution >= 0.6 is 57.7 Å². The zero-order valence-corrected chi connectivity index (χ0v) is 24.8. The van der Waals surface area contributed by atoms with E-state index >= 15 is 0 Å². The van der Waals surface area contributed by atoms with E-state index in [1.807, 2.05) is 6.07 Å². The van der Waals surface area contributed by atoms with E-state index in [1.54, 1.807) is 37.7 Å². The molecule has 0 aliphatic rings. The molecule has 14 heteroatoms. The Bertz CT molecular complexity index is 510. The predicted octanol–water partition coefficient (Wildman–Crippen LogP) is 0.756. The maximum atomic E-state index is 8.25. The number of nitrogens with two attached hydrogens (primary N) is 2. The van der Waals surface area contributed by atoms with Gasteiger partial charge in [-0.25, -0.2) is 9.97 Å². The summed E-state index contributed by atoms with van der Waals surface area (Å²) in [6.07, 6.45) is 3.24. The van der Waals surface area contributed by atoms with Crippen LogP contribution in [-0.4, -0.2) is 36.4 Å². The van der Waals surface area contributed by atoms with Gasteiger partial charge in [0.2, 0.25) is 0 Å². The molecule has 4 atom stereocenters. The van der Waals surface area contributed by atoms with Crippen LogP contribution in [0.15, 0.2) is 41.1 Å². The Hall–Kier alpha value is 1.25. The number of aromatic nitrogens is 2. The van der Waals surface area contributed by atoms with Crippen molar-refractivity contribution in [3.63, 3.8) is 0 Å². The van der Waals surface area contributed by atoms with E-state index in [-0.39, 0.29) is 44.0 Å². The van der Waals surface area contributed by atoms with Crippen LogP contribution in [0.4, 0.5) is 11.6 Å². The molecule has 0 fully saturated rings. The molecule has 2 rings (SSSR count). The second-order valence-corrected chi connectivity index (χ2v) is 18.4. The normalized spacial score (nSPS) is 8.07. The number of anilines is 2. The number of ether oxygens (including phenoxy) is 1. The first kappa shape index (κ1) is 39.7. The Morgan fingerprint density at radius 1 is 1.07 bits per heavy atom. The SMILES string of the molecule is C.CO.COc1ccc(N)nc1.C[O-].Nc1ccc(Br)cn1.PPP(P)P.[Na+]. The number of nitrogens with zero attached hydrogens (tertiary/aromatic N) is 2. The number of nitrogen functional groups attached to an aromatic ring is 2. The fourth-order valence-electron chi connectivity index (χ4n) is 0.900. The molecule has 0 saturated carbocycles. The molecule has 28 heavy (non-hydrogen) atoms. The molecule has 0 bridgehead atoms. The summed E-state index contributed by atoms with van der Waals surface area (Å²) in [4.78, 5) is 7.61. The van der Waals surface area contributed by atoms with E-state index < -0.39 is 0 Å². The van der Waals surface area contributed by atoms with Crippen molar-refractivity contribution in [1.82, 2.24) is 9.97 Å². The van der Waals surface area contributed by atoms with Gasteiger partial charge < -0.3 is 26.4 Å². The predicted molar refractivity (Wildman–Crippen MR) is 137 cm³/mol. The van der Waals surface area contributed by atoms with E-state index in [2.05, 4.69) is 52.7 Å². The van der Waals surface area contributed by atoms with Crippen LogP contribution in [0.1, 0.15) is 7.43 Å². The number of rotatable bonds is 2. The van der Waals surface area contributed by atoms with Crippen LogP contribution in [0.3, 0.4) is 0 Å². The number of aliphatic hydroxyl groups excluding tert-OH is 1. The van der Waals surface area contributed by atoms with Gasteiger partial charge in [-0.05, 0) is 47.2 Å². The summed E-state index contributed by atoms with van der Waals surface area (Å²) in [5, 5.41) is 15.2. The van der Waals surface area contributed by atoms with Crippen molar-refractivity contribution in [3.05, 3.63) is 41.1 Å². The van der Waals surface area contributed by atoms with Gasteiger partial charge in [0.25, 0.3) is 0 Å². The van der Waals surface area contributed by atoms with Gasteiger partial charge >= 0.3 is 29.6 Å². The first-order valence-electron chi connectivity index (χ1n) is 6.63. The quantitative estimate of drug-likeness (QED) is 0.365. The van der Waals surface area contributed by atoms with Crippen LogP contribution in [0.2, 0.25) is 0 Å². The molecule has 0 radical (unpaired) electrons. The van der Waals surface area contributed by atoms with E-state index in [1.165, 1.54) is 0 Å². The molecule has 0 saturated heterocycles. The minimum atomic E-state index is 0. The Morgan fingerprint density at radius 2 is 1.46 bits per heavy atom. The summed E-state index contributed by atoms with van der Waals surface area (Å²) in [7, 11) is 12.6. The molecule has 0 amide bonds. The van der Waals surface area contributed by atoms with E-state index in [0.29, 0.717) is 11.6 Å². The minimum absolute atomic E-state index is 0. The first-order chi connectivity index (χ1) is 12.4. The van der Waals surface area contributed by atoms with Gasteiger partial charge in [0, 0.05) is 17.8 Å². The fraction of sp³-hybridized carbons (Fsp3) is 0.286. The number of halogens is 1. The third kappa shape index (κ3) is 29.5. The van der Waals surface area contributed by atoms with E-state index in [9.17, 15) is 0 Å². The van der Waals surface area contributed by atoms with Gasteiger partial charge in [0.15, 0.2) is 0 Å². The summed E-state index contributed by atoms with van der Waals surface area (Å²) >= 11 is 3.23. The topological polar surface area (TPSA) is 130 Å². The monoisotopic (exact) mass is 560 g/mol. The summed E-state index contributed by atoms with van der Waals surface area (Å²) in [5.74, 6) is 1.79. The molecule has 0 aromatic carbocycles. The van der Waals surface area contributed by atoms with Crippen LogP contribution < -0.4 is 50.9 Å². The van der Waals surface area contributed by atoms with Crippen molar-refractivity contribution >= 4 is 69.3 Å². The third-order valence-electron chi connectivity index (χ3n) is 1.89. The number of pyridine rings is 2. The second kappa shape index (κ2) is 30.4. The van der Waals surface area contributed by atoms with Crippen LogP contribution in [0.5, 0.6) is 5.75 Å². The molecule has 0 spiro atoms. The van der Waals surface area contributed by atoms with Crippen molar-refractivity contribution in [2.24, 2.45) is 0 Å². The molecular weight excluding hydrogens is 530 g/mol. The summed E-state index contributed by atoms with van der Waals surface area (Å²) in [6.45, 7) is 0.226. The Kier molecular flexibility index (Phi) is 43.2. The zero-order valence-electron chi connectivity index (χ0n) is 15.8. The summed E-state index contributed by atoms with van der Waals surface area (Å²) in [5.41, 5.74) is 10.6. The van der Waals surface area contributed by atoms with Gasteiger partial charge in [-0.2, -0.15) is 7.11 Å². The van der Waals surface area contributed by atoms with E-state index in [0.717, 1.165) is 32.4 Å². The fourth-order valence-corrected chi connectivity index (χ4v) is 1.13. The van der Waals surface area contributed by atoms with Gasteiger partial charge in [0.1, 0.15) is 17.4 Å². The molecule has 7 nitrogen and oxygen atoms in total. The van der Waals surface area contributed by atoms with Crippen LogP contribution in [-0.2, 0) is 0 Å². The maximum Gasteiger partial charge on any atom is 1.00 e. The number of aliphatic hydroxyl groups is 1. The second-order valence-electron chi connectivity index (χ2n) is 3.56. The average Bonchev–Trinajstić information content (AvgIpc) is 2.69. The van der Waals surface area contributed by atoms with Crippen LogP contribution in [0.25, 0.3) is 0 Å². The van der Waals surface area contributed by atoms with Crippen molar-refractivity contribution in [1.29, 1.82) is 0 Å². The van der Waals surface area contributed by atoms with Gasteiger partial charge in [-0.15, -0.1) is 26.8 Å². The Morgan fingerprint density at radius 3 is 1.68 bits per heavy atom. The number of hydrogen-bond acceptors (Lipinski definition) is 7. The molecule has 5 N–H and O–H groups in total. The standard InChI is InChI=1S/C6H8N2O.C5H5BrN2.CH4O.CH3O.CH4.Na.H7P5/c1-9-5-2-3-6(7)8-4-5;6-4-1-2-5(7)8-3-4;2*1-2;;;1-4-5(2)3/h2-4H,1H3,(H2,7,8);1-3H,(H2,7,8);2H,1H3;1H3;1H4;;4H,1-3H2/q;;;-1;;+1;. The van der Waals surface area contributed by atoms with Crippen molar-refractivity contribution in [2.75, 3.05) is 32.8 Å². The largest absolute Gasteiger partial charge is 1.00 e. The molecule has 2 aromatic heterocycles. The molecule has 4 unspecified atom stereocenters. The zero-order chi connectivity index (χ0) is 21.0. The smallest absolute Gasteiger partial charge is 0.857 e.